The molecule has 0 radical (unpaired) electrons. The first-order chi connectivity index (χ1) is 36.0. The van der Waals surface area contributed by atoms with Crippen LogP contribution in [-0.2, 0) is 0 Å². The summed E-state index contributed by atoms with van der Waals surface area (Å²) >= 11 is 0. The molecular formula is C68H48F4N2. The average Bonchev–Trinajstić information content (AvgIpc) is 3.41. The molecule has 6 heteroatoms. The smallest absolute Gasteiger partial charge is 0.131 e. The van der Waals surface area contributed by atoms with Crippen molar-refractivity contribution >= 4 is 66.4 Å². The molecule has 358 valence electrons. The highest BCUT2D eigenvalue weighted by atomic mass is 19.1. The van der Waals surface area contributed by atoms with Gasteiger partial charge in [0, 0.05) is 55.8 Å². The monoisotopic (exact) mass is 968 g/mol. The molecule has 0 aromatic heterocycles. The van der Waals surface area contributed by atoms with E-state index in [1.54, 1.807) is 48.5 Å². The van der Waals surface area contributed by atoms with Gasteiger partial charge in [0.2, 0.25) is 0 Å². The van der Waals surface area contributed by atoms with Gasteiger partial charge in [-0.25, -0.2) is 17.6 Å². The number of halogens is 4. The summed E-state index contributed by atoms with van der Waals surface area (Å²) in [5.41, 5.74) is 13.4. The van der Waals surface area contributed by atoms with Gasteiger partial charge in [-0.05, 0) is 168 Å². The third-order valence-electron chi connectivity index (χ3n) is 14.4. The van der Waals surface area contributed by atoms with Crippen molar-refractivity contribution in [1.29, 1.82) is 0 Å². The van der Waals surface area contributed by atoms with Crippen LogP contribution in [0.3, 0.4) is 0 Å². The predicted molar refractivity (Wildman–Crippen MR) is 300 cm³/mol. The third kappa shape index (κ3) is 8.09. The van der Waals surface area contributed by atoms with Gasteiger partial charge in [0.15, 0.2) is 0 Å². The number of nitrogens with zero attached hydrogens (tertiary/aromatic N) is 2. The lowest BCUT2D eigenvalue weighted by atomic mass is 9.91. The molecule has 0 unspecified atom stereocenters. The van der Waals surface area contributed by atoms with Crippen molar-refractivity contribution in [2.75, 3.05) is 9.80 Å². The minimum atomic E-state index is -0.377. The molecule has 12 aromatic carbocycles. The fraction of sp³-hybridized carbons (Fsp3) is 0.0588. The Bertz CT molecular complexity index is 3760. The Balaban J connectivity index is 1.13. The lowest BCUT2D eigenvalue weighted by Crippen LogP contribution is -2.13. The highest BCUT2D eigenvalue weighted by molar-refractivity contribution is 6.28. The first-order valence-corrected chi connectivity index (χ1v) is 24.7. The van der Waals surface area contributed by atoms with E-state index in [9.17, 15) is 0 Å². The minimum Gasteiger partial charge on any atom is -0.310 e. The normalized spacial score (nSPS) is 11.5. The van der Waals surface area contributed by atoms with Crippen LogP contribution >= 0.6 is 0 Å². The van der Waals surface area contributed by atoms with Gasteiger partial charge in [-0.1, -0.05) is 145 Å². The Kier molecular flexibility index (Phi) is 11.6. The fourth-order valence-electron chi connectivity index (χ4n) is 11.0. The number of anilines is 6. The maximum atomic E-state index is 15.9. The van der Waals surface area contributed by atoms with Gasteiger partial charge in [0.1, 0.15) is 23.3 Å². The Morgan fingerprint density at radius 1 is 0.284 bits per heavy atom. The van der Waals surface area contributed by atoms with Gasteiger partial charge >= 0.3 is 0 Å². The first-order valence-electron chi connectivity index (χ1n) is 24.7. The van der Waals surface area contributed by atoms with Crippen molar-refractivity contribution in [3.63, 3.8) is 0 Å². The predicted octanol–water partition coefficient (Wildman–Crippen LogP) is 20.0. The zero-order valence-electron chi connectivity index (χ0n) is 41.2. The van der Waals surface area contributed by atoms with Crippen LogP contribution in [-0.4, -0.2) is 0 Å². The Hall–Kier alpha value is -9.00. The molecule has 12 aromatic rings. The standard InChI is InChI=1S/C68H48F4N2/c1-41-21-29-63(43(3)33-41)73(51-37-47(53-13-5-9-17-59(53)69)35-48(38-51)54-14-6-10-18-60(54)70)65-31-25-45-24-28-58-66(32-26-46-23-27-57(65)67(45)68(46)58)74(64-30-22-42(2)34-44(64)4)52-39-49(55-15-7-11-19-61(55)71)36-50(40-52)56-16-8-12-20-62(56)72/h5-40H,1-4H3. The quantitative estimate of drug-likeness (QED) is 0.0995. The van der Waals surface area contributed by atoms with E-state index in [2.05, 4.69) is 122 Å². The molecule has 0 atom stereocenters. The molecular weight excluding hydrogens is 921 g/mol. The van der Waals surface area contributed by atoms with Crippen LogP contribution in [0.1, 0.15) is 22.3 Å². The summed E-state index contributed by atoms with van der Waals surface area (Å²) in [7, 11) is 0. The number of hydrogen-bond donors (Lipinski definition) is 0. The number of hydrogen-bond acceptors (Lipinski definition) is 2. The van der Waals surface area contributed by atoms with E-state index in [1.165, 1.54) is 24.3 Å². The molecule has 0 N–H and O–H groups in total. The van der Waals surface area contributed by atoms with Crippen LogP contribution in [0.4, 0.5) is 51.7 Å². The molecule has 0 aliphatic heterocycles. The second-order valence-electron chi connectivity index (χ2n) is 19.3. The van der Waals surface area contributed by atoms with Gasteiger partial charge in [0.05, 0.1) is 11.4 Å². The Morgan fingerprint density at radius 3 is 0.892 bits per heavy atom. The largest absolute Gasteiger partial charge is 0.310 e. The number of rotatable bonds is 10. The maximum absolute atomic E-state index is 15.9. The summed E-state index contributed by atoms with van der Waals surface area (Å²) in [5.74, 6) is -1.51. The van der Waals surface area contributed by atoms with Crippen molar-refractivity contribution < 1.29 is 17.6 Å². The van der Waals surface area contributed by atoms with Gasteiger partial charge < -0.3 is 9.80 Å². The maximum Gasteiger partial charge on any atom is 0.131 e. The number of benzene rings is 12. The summed E-state index contributed by atoms with van der Waals surface area (Å²) in [6.07, 6.45) is 0. The molecule has 0 spiro atoms. The van der Waals surface area contributed by atoms with E-state index < -0.39 is 0 Å². The van der Waals surface area contributed by atoms with Crippen LogP contribution in [0, 0.1) is 51.0 Å². The zero-order chi connectivity index (χ0) is 50.8. The second kappa shape index (κ2) is 18.6. The van der Waals surface area contributed by atoms with E-state index in [1.807, 2.05) is 60.7 Å². The van der Waals surface area contributed by atoms with E-state index in [-0.39, 0.29) is 23.3 Å². The zero-order valence-corrected chi connectivity index (χ0v) is 41.2. The molecule has 0 saturated heterocycles. The van der Waals surface area contributed by atoms with Crippen LogP contribution in [0.15, 0.2) is 218 Å². The van der Waals surface area contributed by atoms with Crippen molar-refractivity contribution in [2.24, 2.45) is 0 Å². The molecule has 0 aliphatic rings. The second-order valence-corrected chi connectivity index (χ2v) is 19.3. The summed E-state index contributed by atoms with van der Waals surface area (Å²) in [6.45, 7) is 8.33. The molecule has 12 rings (SSSR count). The van der Waals surface area contributed by atoms with Crippen molar-refractivity contribution in [3.8, 4) is 44.5 Å². The molecule has 0 fully saturated rings. The van der Waals surface area contributed by atoms with Gasteiger partial charge in [-0.3, -0.25) is 0 Å². The average molecular weight is 969 g/mol. The van der Waals surface area contributed by atoms with Gasteiger partial charge in [-0.2, -0.15) is 0 Å². The van der Waals surface area contributed by atoms with Gasteiger partial charge in [0.25, 0.3) is 0 Å². The highest BCUT2D eigenvalue weighted by Crippen LogP contribution is 2.50. The number of aryl methyl sites for hydroxylation is 4. The summed E-state index contributed by atoms with van der Waals surface area (Å²) in [5, 5.41) is 6.11. The van der Waals surface area contributed by atoms with Crippen LogP contribution in [0.25, 0.3) is 76.8 Å². The lowest BCUT2D eigenvalue weighted by Gasteiger charge is -2.31. The molecule has 0 bridgehead atoms. The van der Waals surface area contributed by atoms with E-state index in [0.717, 1.165) is 88.7 Å². The van der Waals surface area contributed by atoms with E-state index >= 15 is 17.6 Å². The SMILES string of the molecule is Cc1ccc(N(c2cc(-c3ccccc3F)cc(-c3ccccc3F)c2)c2ccc3ccc4c(N(c5cc(-c6ccccc6F)cc(-c6ccccc6F)c5)c5ccc(C)cc5C)ccc5ccc2c3c54)c(C)c1. The molecule has 0 saturated carbocycles. The van der Waals surface area contributed by atoms with Crippen molar-refractivity contribution in [2.45, 2.75) is 27.7 Å². The fourth-order valence-corrected chi connectivity index (χ4v) is 11.0. The first kappa shape index (κ1) is 46.1. The van der Waals surface area contributed by atoms with Crippen molar-refractivity contribution in [1.82, 2.24) is 0 Å². The van der Waals surface area contributed by atoms with Gasteiger partial charge in [-0.15, -0.1) is 0 Å². The molecule has 0 heterocycles. The molecule has 74 heavy (non-hydrogen) atoms. The van der Waals surface area contributed by atoms with Crippen LogP contribution < -0.4 is 9.80 Å². The van der Waals surface area contributed by atoms with E-state index in [4.69, 9.17) is 0 Å². The van der Waals surface area contributed by atoms with Crippen LogP contribution in [0.2, 0.25) is 0 Å². The van der Waals surface area contributed by atoms with Crippen LogP contribution in [0.5, 0.6) is 0 Å². The topological polar surface area (TPSA) is 6.48 Å². The summed E-state index contributed by atoms with van der Waals surface area (Å²) < 4.78 is 63.5. The molecule has 0 amide bonds. The molecule has 2 nitrogen and oxygen atoms in total. The summed E-state index contributed by atoms with van der Waals surface area (Å²) in [4.78, 5) is 4.44. The highest BCUT2D eigenvalue weighted by Gasteiger charge is 2.26. The third-order valence-corrected chi connectivity index (χ3v) is 14.4. The summed E-state index contributed by atoms with van der Waals surface area (Å²) in [6, 6.07) is 68.4. The minimum absolute atomic E-state index is 0.377. The Morgan fingerprint density at radius 2 is 0.581 bits per heavy atom. The van der Waals surface area contributed by atoms with E-state index in [0.29, 0.717) is 44.5 Å². The van der Waals surface area contributed by atoms with Crippen molar-refractivity contribution in [3.05, 3.63) is 264 Å². The molecule has 0 aliphatic carbocycles. The Labute approximate surface area is 428 Å². The lowest BCUT2D eigenvalue weighted by molar-refractivity contribution is 0.630.